The first-order valence-corrected chi connectivity index (χ1v) is 8.41. The van der Waals surface area contributed by atoms with E-state index in [4.69, 9.17) is 11.6 Å². The molecule has 0 radical (unpaired) electrons. The van der Waals surface area contributed by atoms with Crippen LogP contribution >= 0.6 is 11.6 Å². The van der Waals surface area contributed by atoms with E-state index in [0.717, 1.165) is 30.2 Å². The molecule has 0 unspecified atom stereocenters. The Labute approximate surface area is 154 Å². The Bertz CT molecular complexity index is 913. The van der Waals surface area contributed by atoms with Crippen molar-refractivity contribution < 1.29 is 14.5 Å². The fraction of sp³-hybridized carbons (Fsp3) is 0.222. The Balaban J connectivity index is 1.86. The number of nitro benzene ring substituents is 1. The number of rotatable bonds is 3. The van der Waals surface area contributed by atoms with Crippen LogP contribution in [-0.2, 0) is 11.2 Å². The summed E-state index contributed by atoms with van der Waals surface area (Å²) >= 11 is 6.00. The van der Waals surface area contributed by atoms with E-state index in [1.165, 1.54) is 19.1 Å². The molecular weight excluding hydrogens is 358 g/mol. The van der Waals surface area contributed by atoms with Crippen LogP contribution in [-0.4, -0.2) is 23.3 Å². The molecule has 0 saturated heterocycles. The van der Waals surface area contributed by atoms with Crippen LogP contribution in [0.15, 0.2) is 36.4 Å². The van der Waals surface area contributed by atoms with E-state index in [-0.39, 0.29) is 22.2 Å². The molecule has 2 amide bonds. The third-order valence-corrected chi connectivity index (χ3v) is 4.57. The second kappa shape index (κ2) is 7.13. The lowest BCUT2D eigenvalue weighted by atomic mass is 10.0. The third kappa shape index (κ3) is 3.52. The van der Waals surface area contributed by atoms with Gasteiger partial charge in [-0.05, 0) is 42.7 Å². The molecule has 0 aromatic heterocycles. The van der Waals surface area contributed by atoms with Gasteiger partial charge in [-0.2, -0.15) is 0 Å². The van der Waals surface area contributed by atoms with Gasteiger partial charge in [0, 0.05) is 37.0 Å². The Hall–Kier alpha value is -2.93. The van der Waals surface area contributed by atoms with Crippen LogP contribution in [0.5, 0.6) is 0 Å². The molecule has 26 heavy (non-hydrogen) atoms. The molecule has 3 rings (SSSR count). The summed E-state index contributed by atoms with van der Waals surface area (Å²) < 4.78 is 0. The summed E-state index contributed by atoms with van der Waals surface area (Å²) in [5.74, 6) is -0.552. The lowest BCUT2D eigenvalue weighted by Gasteiger charge is -2.29. The number of anilines is 2. The van der Waals surface area contributed by atoms with Gasteiger partial charge in [-0.1, -0.05) is 11.6 Å². The zero-order valence-corrected chi connectivity index (χ0v) is 14.7. The van der Waals surface area contributed by atoms with Gasteiger partial charge in [-0.25, -0.2) is 0 Å². The van der Waals surface area contributed by atoms with Gasteiger partial charge in [0.2, 0.25) is 5.91 Å². The van der Waals surface area contributed by atoms with E-state index >= 15 is 0 Å². The Morgan fingerprint density at radius 3 is 2.69 bits per heavy atom. The van der Waals surface area contributed by atoms with Crippen LogP contribution in [0.1, 0.15) is 29.3 Å². The van der Waals surface area contributed by atoms with Crippen LogP contribution in [0.3, 0.4) is 0 Å². The predicted molar refractivity (Wildman–Crippen MR) is 98.8 cm³/mol. The number of benzene rings is 2. The number of nitrogens with zero attached hydrogens (tertiary/aromatic N) is 2. The van der Waals surface area contributed by atoms with Crippen LogP contribution in [0.4, 0.5) is 17.1 Å². The molecule has 2 aromatic carbocycles. The standard InChI is InChI=1S/C18H16ClN3O4/c1-11(23)21-8-2-3-12-9-13(4-7-17(12)21)20-18(24)15-10-14(22(25)26)5-6-16(15)19/h4-7,9-10H,2-3,8H2,1H3,(H,20,24). The zero-order chi connectivity index (χ0) is 18.8. The first-order chi connectivity index (χ1) is 12.4. The molecule has 1 heterocycles. The molecule has 0 atom stereocenters. The van der Waals surface area contributed by atoms with Gasteiger partial charge >= 0.3 is 0 Å². The Morgan fingerprint density at radius 1 is 1.23 bits per heavy atom. The molecule has 0 fully saturated rings. The number of halogens is 1. The average Bonchev–Trinajstić information content (AvgIpc) is 2.60. The molecule has 2 aromatic rings. The maximum atomic E-state index is 12.5. The van der Waals surface area contributed by atoms with E-state index in [2.05, 4.69) is 5.32 Å². The minimum atomic E-state index is -0.581. The molecular formula is C18H16ClN3O4. The van der Waals surface area contributed by atoms with E-state index in [1.807, 2.05) is 6.07 Å². The number of amides is 2. The quantitative estimate of drug-likeness (QED) is 0.654. The number of aryl methyl sites for hydroxylation is 1. The molecule has 7 nitrogen and oxygen atoms in total. The highest BCUT2D eigenvalue weighted by molar-refractivity contribution is 6.34. The van der Waals surface area contributed by atoms with Crippen molar-refractivity contribution in [1.82, 2.24) is 0 Å². The number of hydrogen-bond acceptors (Lipinski definition) is 4. The summed E-state index contributed by atoms with van der Waals surface area (Å²) in [4.78, 5) is 36.2. The molecule has 1 N–H and O–H groups in total. The van der Waals surface area contributed by atoms with Crippen molar-refractivity contribution in [1.29, 1.82) is 0 Å². The number of fused-ring (bicyclic) bond motifs is 1. The molecule has 1 aliphatic rings. The number of nitro groups is 1. The fourth-order valence-corrected chi connectivity index (χ4v) is 3.20. The van der Waals surface area contributed by atoms with Crippen LogP contribution in [0.2, 0.25) is 5.02 Å². The van der Waals surface area contributed by atoms with Crippen molar-refractivity contribution in [3.05, 3.63) is 62.7 Å². The zero-order valence-electron chi connectivity index (χ0n) is 14.0. The van der Waals surface area contributed by atoms with Crippen LogP contribution < -0.4 is 10.2 Å². The summed E-state index contributed by atoms with van der Waals surface area (Å²) in [7, 11) is 0. The van der Waals surface area contributed by atoms with Gasteiger partial charge in [0.05, 0.1) is 15.5 Å². The Morgan fingerprint density at radius 2 is 2.00 bits per heavy atom. The van der Waals surface area contributed by atoms with Crippen LogP contribution in [0, 0.1) is 10.1 Å². The predicted octanol–water partition coefficient (Wildman–Crippen LogP) is 3.80. The highest BCUT2D eigenvalue weighted by atomic mass is 35.5. The smallest absolute Gasteiger partial charge is 0.270 e. The van der Waals surface area contributed by atoms with Gasteiger partial charge in [0.15, 0.2) is 0 Å². The monoisotopic (exact) mass is 373 g/mol. The van der Waals surface area contributed by atoms with Crippen molar-refractivity contribution in [2.24, 2.45) is 0 Å². The lowest BCUT2D eigenvalue weighted by Crippen LogP contribution is -2.33. The average molecular weight is 374 g/mol. The van der Waals surface area contributed by atoms with Crippen molar-refractivity contribution >= 4 is 40.5 Å². The van der Waals surface area contributed by atoms with Crippen molar-refractivity contribution in [2.45, 2.75) is 19.8 Å². The summed E-state index contributed by atoms with van der Waals surface area (Å²) in [5.41, 5.74) is 2.18. The van der Waals surface area contributed by atoms with Crippen LogP contribution in [0.25, 0.3) is 0 Å². The molecule has 0 bridgehead atoms. The first-order valence-electron chi connectivity index (χ1n) is 8.03. The highest BCUT2D eigenvalue weighted by Gasteiger charge is 2.21. The number of hydrogen-bond donors (Lipinski definition) is 1. The van der Waals surface area contributed by atoms with Gasteiger partial charge in [-0.3, -0.25) is 19.7 Å². The van der Waals surface area contributed by atoms with Gasteiger partial charge < -0.3 is 10.2 Å². The normalized spacial score (nSPS) is 13.1. The SMILES string of the molecule is CC(=O)N1CCCc2cc(NC(=O)c3cc([N+](=O)[O-])ccc3Cl)ccc21. The topological polar surface area (TPSA) is 92.6 Å². The maximum absolute atomic E-state index is 12.5. The van der Waals surface area contributed by atoms with Crippen molar-refractivity contribution in [2.75, 3.05) is 16.8 Å². The van der Waals surface area contributed by atoms with E-state index in [0.29, 0.717) is 12.2 Å². The van der Waals surface area contributed by atoms with Gasteiger partial charge in [0.25, 0.3) is 11.6 Å². The molecule has 8 heteroatoms. The number of carbonyl (C=O) groups is 2. The highest BCUT2D eigenvalue weighted by Crippen LogP contribution is 2.30. The van der Waals surface area contributed by atoms with E-state index in [1.54, 1.807) is 17.0 Å². The summed E-state index contributed by atoms with van der Waals surface area (Å²) in [5, 5.41) is 13.7. The molecule has 0 saturated carbocycles. The molecule has 134 valence electrons. The second-order valence-electron chi connectivity index (χ2n) is 5.99. The number of carbonyl (C=O) groups excluding carboxylic acids is 2. The van der Waals surface area contributed by atoms with Crippen molar-refractivity contribution in [3.63, 3.8) is 0 Å². The second-order valence-corrected chi connectivity index (χ2v) is 6.40. The Kier molecular flexibility index (Phi) is 4.90. The summed E-state index contributed by atoms with van der Waals surface area (Å²) in [6.45, 7) is 2.20. The summed E-state index contributed by atoms with van der Waals surface area (Å²) in [6.07, 6.45) is 1.65. The molecule has 0 spiro atoms. The minimum Gasteiger partial charge on any atom is -0.322 e. The fourth-order valence-electron chi connectivity index (χ4n) is 3.00. The number of nitrogens with one attached hydrogen (secondary N) is 1. The lowest BCUT2D eigenvalue weighted by molar-refractivity contribution is -0.384. The largest absolute Gasteiger partial charge is 0.322 e. The molecule has 0 aliphatic carbocycles. The van der Waals surface area contributed by atoms with E-state index < -0.39 is 10.8 Å². The van der Waals surface area contributed by atoms with Crippen molar-refractivity contribution in [3.8, 4) is 0 Å². The first kappa shape index (κ1) is 17.9. The molecule has 1 aliphatic heterocycles. The summed E-state index contributed by atoms with van der Waals surface area (Å²) in [6, 6.07) is 9.02. The van der Waals surface area contributed by atoms with Gasteiger partial charge in [-0.15, -0.1) is 0 Å². The minimum absolute atomic E-state index is 0.0221. The maximum Gasteiger partial charge on any atom is 0.270 e. The third-order valence-electron chi connectivity index (χ3n) is 4.24. The van der Waals surface area contributed by atoms with Gasteiger partial charge in [0.1, 0.15) is 0 Å². The number of non-ortho nitro benzene ring substituents is 1. The van der Waals surface area contributed by atoms with E-state index in [9.17, 15) is 19.7 Å².